The van der Waals surface area contributed by atoms with Gasteiger partial charge < -0.3 is 5.32 Å². The van der Waals surface area contributed by atoms with E-state index in [0.717, 1.165) is 11.6 Å². The highest BCUT2D eigenvalue weighted by atomic mass is 32.2. The molecule has 1 heterocycles. The van der Waals surface area contributed by atoms with Gasteiger partial charge in [-0.05, 0) is 19.4 Å². The standard InChI is InChI=1S/C12H19N3S/c1-2-14-10-5-3-4-6-11(10)16-12-9-13-7-8-15-12/h7-11,14H,2-6H2,1H3. The van der Waals surface area contributed by atoms with E-state index in [-0.39, 0.29) is 0 Å². The Morgan fingerprint density at radius 1 is 1.38 bits per heavy atom. The first kappa shape index (κ1) is 11.9. The predicted molar refractivity (Wildman–Crippen MR) is 67.6 cm³/mol. The summed E-state index contributed by atoms with van der Waals surface area (Å²) >= 11 is 1.88. The number of hydrogen-bond donors (Lipinski definition) is 1. The van der Waals surface area contributed by atoms with Crippen molar-refractivity contribution in [3.63, 3.8) is 0 Å². The summed E-state index contributed by atoms with van der Waals surface area (Å²) in [5.41, 5.74) is 0. The topological polar surface area (TPSA) is 37.8 Å². The van der Waals surface area contributed by atoms with Gasteiger partial charge in [0.2, 0.25) is 0 Å². The summed E-state index contributed by atoms with van der Waals surface area (Å²) in [5, 5.41) is 5.30. The van der Waals surface area contributed by atoms with Gasteiger partial charge in [-0.2, -0.15) is 0 Å². The molecule has 0 saturated heterocycles. The smallest absolute Gasteiger partial charge is 0.115 e. The van der Waals surface area contributed by atoms with E-state index in [1.807, 2.05) is 18.0 Å². The van der Waals surface area contributed by atoms with Crippen LogP contribution in [0.5, 0.6) is 0 Å². The lowest BCUT2D eigenvalue weighted by Gasteiger charge is -2.31. The molecule has 0 bridgehead atoms. The maximum Gasteiger partial charge on any atom is 0.115 e. The van der Waals surface area contributed by atoms with Crippen molar-refractivity contribution in [3.05, 3.63) is 18.6 Å². The quantitative estimate of drug-likeness (QED) is 0.873. The van der Waals surface area contributed by atoms with Crippen LogP contribution in [-0.2, 0) is 0 Å². The Labute approximate surface area is 101 Å². The van der Waals surface area contributed by atoms with Crippen LogP contribution in [0.2, 0.25) is 0 Å². The van der Waals surface area contributed by atoms with Crippen molar-refractivity contribution in [3.8, 4) is 0 Å². The van der Waals surface area contributed by atoms with E-state index < -0.39 is 0 Å². The van der Waals surface area contributed by atoms with Crippen LogP contribution >= 0.6 is 11.8 Å². The van der Waals surface area contributed by atoms with Crippen LogP contribution in [-0.4, -0.2) is 27.8 Å². The van der Waals surface area contributed by atoms with Gasteiger partial charge in [0.25, 0.3) is 0 Å². The summed E-state index contributed by atoms with van der Waals surface area (Å²) in [4.78, 5) is 8.46. The summed E-state index contributed by atoms with van der Waals surface area (Å²) in [6.45, 7) is 3.24. The molecule has 16 heavy (non-hydrogen) atoms. The molecule has 0 radical (unpaired) electrons. The Hall–Kier alpha value is -0.610. The minimum atomic E-state index is 0.644. The molecule has 0 aliphatic heterocycles. The van der Waals surface area contributed by atoms with Crippen LogP contribution in [0.25, 0.3) is 0 Å². The Kier molecular flexibility index (Phi) is 4.60. The highest BCUT2D eigenvalue weighted by Gasteiger charge is 2.25. The molecule has 2 atom stereocenters. The third-order valence-electron chi connectivity index (χ3n) is 2.98. The lowest BCUT2D eigenvalue weighted by molar-refractivity contribution is 0.390. The van der Waals surface area contributed by atoms with Crippen molar-refractivity contribution in [1.29, 1.82) is 0 Å². The average molecular weight is 237 g/mol. The van der Waals surface area contributed by atoms with Gasteiger partial charge in [-0.1, -0.05) is 31.5 Å². The van der Waals surface area contributed by atoms with E-state index in [9.17, 15) is 0 Å². The molecule has 4 heteroatoms. The number of hydrogen-bond acceptors (Lipinski definition) is 4. The van der Waals surface area contributed by atoms with E-state index in [1.54, 1.807) is 12.4 Å². The largest absolute Gasteiger partial charge is 0.313 e. The average Bonchev–Trinajstić information content (AvgIpc) is 2.33. The van der Waals surface area contributed by atoms with Gasteiger partial charge in [-0.25, -0.2) is 4.98 Å². The normalized spacial score (nSPS) is 25.6. The molecule has 1 aliphatic carbocycles. The summed E-state index contributed by atoms with van der Waals surface area (Å²) in [6.07, 6.45) is 10.7. The Morgan fingerprint density at radius 3 is 3.00 bits per heavy atom. The van der Waals surface area contributed by atoms with Gasteiger partial charge in [0.15, 0.2) is 0 Å². The predicted octanol–water partition coefficient (Wildman–Crippen LogP) is 2.49. The minimum absolute atomic E-state index is 0.644. The third kappa shape index (κ3) is 3.19. The zero-order chi connectivity index (χ0) is 11.2. The maximum atomic E-state index is 4.34. The highest BCUT2D eigenvalue weighted by molar-refractivity contribution is 7.99. The fourth-order valence-corrected chi connectivity index (χ4v) is 3.47. The second-order valence-corrected chi connectivity index (χ2v) is 5.41. The van der Waals surface area contributed by atoms with Crippen LogP contribution in [0.15, 0.2) is 23.6 Å². The van der Waals surface area contributed by atoms with Crippen LogP contribution in [0.4, 0.5) is 0 Å². The molecule has 0 amide bonds. The molecule has 1 aromatic rings. The van der Waals surface area contributed by atoms with E-state index in [2.05, 4.69) is 22.2 Å². The van der Waals surface area contributed by atoms with Gasteiger partial charge in [0.05, 0.1) is 6.20 Å². The second kappa shape index (κ2) is 6.21. The van der Waals surface area contributed by atoms with Crippen molar-refractivity contribution < 1.29 is 0 Å². The van der Waals surface area contributed by atoms with Crippen LogP contribution in [0.1, 0.15) is 32.6 Å². The minimum Gasteiger partial charge on any atom is -0.313 e. The maximum absolute atomic E-state index is 4.34. The van der Waals surface area contributed by atoms with Gasteiger partial charge in [-0.3, -0.25) is 4.98 Å². The van der Waals surface area contributed by atoms with Gasteiger partial charge in [-0.15, -0.1) is 0 Å². The first-order chi connectivity index (χ1) is 7.90. The molecule has 1 aromatic heterocycles. The SMILES string of the molecule is CCNC1CCCCC1Sc1cnccn1. The van der Waals surface area contributed by atoms with E-state index in [0.29, 0.717) is 11.3 Å². The highest BCUT2D eigenvalue weighted by Crippen LogP contribution is 2.32. The number of aromatic nitrogens is 2. The van der Waals surface area contributed by atoms with E-state index >= 15 is 0 Å². The molecule has 1 aliphatic rings. The Bertz CT molecular complexity index is 302. The number of nitrogens with one attached hydrogen (secondary N) is 1. The molecule has 0 aromatic carbocycles. The molecular formula is C12H19N3S. The Morgan fingerprint density at radius 2 is 2.25 bits per heavy atom. The zero-order valence-electron chi connectivity index (χ0n) is 9.72. The van der Waals surface area contributed by atoms with Gasteiger partial charge >= 0.3 is 0 Å². The number of thioether (sulfide) groups is 1. The van der Waals surface area contributed by atoms with Crippen molar-refractivity contribution >= 4 is 11.8 Å². The van der Waals surface area contributed by atoms with Crippen LogP contribution in [0, 0.1) is 0 Å². The fourth-order valence-electron chi connectivity index (χ4n) is 2.23. The van der Waals surface area contributed by atoms with Crippen LogP contribution in [0.3, 0.4) is 0 Å². The molecule has 1 saturated carbocycles. The third-order valence-corrected chi connectivity index (χ3v) is 4.30. The van der Waals surface area contributed by atoms with Gasteiger partial charge in [0.1, 0.15) is 5.03 Å². The molecule has 3 nitrogen and oxygen atoms in total. The fraction of sp³-hybridized carbons (Fsp3) is 0.667. The molecule has 1 fully saturated rings. The number of nitrogens with zero attached hydrogens (tertiary/aromatic N) is 2. The summed E-state index contributed by atoms with van der Waals surface area (Å²) in [7, 11) is 0. The van der Waals surface area contributed by atoms with Crippen LogP contribution < -0.4 is 5.32 Å². The number of rotatable bonds is 4. The van der Waals surface area contributed by atoms with E-state index in [4.69, 9.17) is 0 Å². The molecule has 2 unspecified atom stereocenters. The van der Waals surface area contributed by atoms with Gasteiger partial charge in [0, 0.05) is 23.7 Å². The molecular weight excluding hydrogens is 218 g/mol. The molecule has 1 N–H and O–H groups in total. The zero-order valence-corrected chi connectivity index (χ0v) is 10.5. The van der Waals surface area contributed by atoms with Crippen molar-refractivity contribution in [2.75, 3.05) is 6.54 Å². The van der Waals surface area contributed by atoms with Crippen molar-refractivity contribution in [2.24, 2.45) is 0 Å². The second-order valence-electron chi connectivity index (χ2n) is 4.15. The summed E-state index contributed by atoms with van der Waals surface area (Å²) < 4.78 is 0. The Balaban J connectivity index is 1.96. The summed E-state index contributed by atoms with van der Waals surface area (Å²) in [5.74, 6) is 0. The van der Waals surface area contributed by atoms with Crippen molar-refractivity contribution in [1.82, 2.24) is 15.3 Å². The van der Waals surface area contributed by atoms with E-state index in [1.165, 1.54) is 25.7 Å². The first-order valence-electron chi connectivity index (χ1n) is 6.06. The molecule has 0 spiro atoms. The van der Waals surface area contributed by atoms with Crippen molar-refractivity contribution in [2.45, 2.75) is 48.9 Å². The molecule has 88 valence electrons. The summed E-state index contributed by atoms with van der Waals surface area (Å²) in [6, 6.07) is 0.644. The first-order valence-corrected chi connectivity index (χ1v) is 6.94. The lowest BCUT2D eigenvalue weighted by Crippen LogP contribution is -2.40. The lowest BCUT2D eigenvalue weighted by atomic mass is 9.95. The monoisotopic (exact) mass is 237 g/mol. The molecule has 2 rings (SSSR count).